The molecule has 4 N–H and O–H groups in total. The van der Waals surface area contributed by atoms with E-state index in [0.717, 1.165) is 0 Å². The van der Waals surface area contributed by atoms with Crippen LogP contribution >= 0.6 is 0 Å². The third-order valence-corrected chi connectivity index (χ3v) is 1.29. The van der Waals surface area contributed by atoms with E-state index in [9.17, 15) is 9.59 Å². The molecule has 0 aliphatic rings. The second kappa shape index (κ2) is 5.60. The van der Waals surface area contributed by atoms with Gasteiger partial charge in [-0.25, -0.2) is 4.79 Å². The smallest absolute Gasteiger partial charge is 0.373 e. The normalized spacial score (nSPS) is 11.8. The number of hydrogen-bond donors (Lipinski definition) is 4. The summed E-state index contributed by atoms with van der Waals surface area (Å²) in [5, 5.41) is 22.1. The van der Waals surface area contributed by atoms with E-state index in [4.69, 9.17) is 10.1 Å². The number of carboxylic acid groups (broad SMARTS) is 1. The zero-order chi connectivity index (χ0) is 10.4. The topological polar surface area (TPSA) is 98.7 Å². The van der Waals surface area contributed by atoms with Gasteiger partial charge in [0.05, 0.1) is 0 Å². The quantitative estimate of drug-likeness (QED) is 0.355. The van der Waals surface area contributed by atoms with Gasteiger partial charge in [-0.15, -0.1) is 0 Å². The molecule has 0 aliphatic carbocycles. The first kappa shape index (κ1) is 12.0. The number of rotatable bonds is 5. The summed E-state index contributed by atoms with van der Waals surface area (Å²) in [4.78, 5) is 21.0. The van der Waals surface area contributed by atoms with Crippen molar-refractivity contribution >= 4 is 26.7 Å². The van der Waals surface area contributed by atoms with Crippen LogP contribution in [0.2, 0.25) is 6.82 Å². The highest BCUT2D eigenvalue weighted by atomic mass is 16.4. The summed E-state index contributed by atoms with van der Waals surface area (Å²) in [5.41, 5.74) is 0. The Kier molecular flexibility index (Phi) is 5.17. The van der Waals surface area contributed by atoms with E-state index in [1.165, 1.54) is 14.7 Å². The molecule has 0 heterocycles. The third kappa shape index (κ3) is 6.18. The third-order valence-electron chi connectivity index (χ3n) is 1.29. The molecule has 0 aliphatic heterocycles. The summed E-state index contributed by atoms with van der Waals surface area (Å²) in [6, 6.07) is -1.01. The Hall–Kier alpha value is -1.01. The molecule has 13 heavy (non-hydrogen) atoms. The summed E-state index contributed by atoms with van der Waals surface area (Å²) in [6.07, 6.45) is 0. The lowest BCUT2D eigenvalue weighted by atomic mass is 9.88. The average Bonchev–Trinajstić information content (AvgIpc) is 1.96. The highest BCUT2D eigenvalue weighted by Crippen LogP contribution is 1.82. The minimum atomic E-state index is -1.14. The molecular formula is C5H12B2N2O4. The Morgan fingerprint density at radius 1 is 1.62 bits per heavy atom. The lowest BCUT2D eigenvalue weighted by molar-refractivity contribution is -0.138. The van der Waals surface area contributed by atoms with E-state index in [0.29, 0.717) is 0 Å². The van der Waals surface area contributed by atoms with Crippen molar-refractivity contribution in [3.05, 3.63) is 0 Å². The summed E-state index contributed by atoms with van der Waals surface area (Å²) < 4.78 is 0. The number of hydrogen-bond acceptors (Lipinski definition) is 4. The molecule has 8 heteroatoms. The maximum atomic E-state index is 10.5. The molecule has 0 radical (unpaired) electrons. The van der Waals surface area contributed by atoms with E-state index in [-0.39, 0.29) is 6.54 Å². The molecule has 0 aromatic carbocycles. The summed E-state index contributed by atoms with van der Waals surface area (Å²) in [5.74, 6) is -1.55. The van der Waals surface area contributed by atoms with Crippen molar-refractivity contribution in [3.63, 3.8) is 0 Å². The fraction of sp³-hybridized carbons (Fsp3) is 0.600. The van der Waals surface area contributed by atoms with E-state index < -0.39 is 24.9 Å². The Morgan fingerprint density at radius 3 is 2.46 bits per heavy atom. The van der Waals surface area contributed by atoms with Crippen molar-refractivity contribution in [2.45, 2.75) is 12.9 Å². The van der Waals surface area contributed by atoms with Crippen LogP contribution in [0.15, 0.2) is 0 Å². The first-order chi connectivity index (χ1) is 5.93. The second-order valence-electron chi connectivity index (χ2n) is 2.68. The van der Waals surface area contributed by atoms with Gasteiger partial charge in [-0.05, 0) is 6.82 Å². The van der Waals surface area contributed by atoms with E-state index in [1.807, 2.05) is 0 Å². The molecule has 72 valence electrons. The SMILES string of the molecule is BC(=O)NC(CNB(C)O)C(=O)O. The van der Waals surface area contributed by atoms with Crippen LogP contribution in [-0.4, -0.2) is 49.4 Å². The molecule has 6 nitrogen and oxygen atoms in total. The van der Waals surface area contributed by atoms with Gasteiger partial charge in [0.2, 0.25) is 7.85 Å². The van der Waals surface area contributed by atoms with Gasteiger partial charge in [0.25, 0.3) is 0 Å². The molecule has 0 aromatic heterocycles. The summed E-state index contributed by atoms with van der Waals surface area (Å²) >= 11 is 0. The summed E-state index contributed by atoms with van der Waals surface area (Å²) in [6.45, 7) is 1.46. The molecule has 1 amide bonds. The monoisotopic (exact) mass is 186 g/mol. The summed E-state index contributed by atoms with van der Waals surface area (Å²) in [7, 11) is 0.439. The average molecular weight is 186 g/mol. The Morgan fingerprint density at radius 2 is 2.15 bits per heavy atom. The molecule has 0 fully saturated rings. The first-order valence-electron chi connectivity index (χ1n) is 3.85. The lowest BCUT2D eigenvalue weighted by Gasteiger charge is -2.14. The van der Waals surface area contributed by atoms with Crippen molar-refractivity contribution in [2.75, 3.05) is 6.54 Å². The fourth-order valence-corrected chi connectivity index (χ4v) is 0.734. The van der Waals surface area contributed by atoms with Crippen LogP contribution in [0.25, 0.3) is 0 Å². The Bertz CT molecular complexity index is 199. The van der Waals surface area contributed by atoms with Crippen LogP contribution in [0.3, 0.4) is 0 Å². The van der Waals surface area contributed by atoms with Crippen molar-refractivity contribution in [3.8, 4) is 0 Å². The van der Waals surface area contributed by atoms with E-state index >= 15 is 0 Å². The van der Waals surface area contributed by atoms with Crippen molar-refractivity contribution in [1.82, 2.24) is 10.5 Å². The van der Waals surface area contributed by atoms with Gasteiger partial charge < -0.3 is 20.7 Å². The van der Waals surface area contributed by atoms with E-state index in [2.05, 4.69) is 10.5 Å². The standard InChI is InChI=1S/C5H12B2N2O4/c1-7(13)8-2-3(4(10)11)9-5(6)12/h3,8,13H,2,6H2,1H3,(H,9,12)(H,10,11). The van der Waals surface area contributed by atoms with Crippen LogP contribution in [0, 0.1) is 0 Å². The Labute approximate surface area is 77.2 Å². The Balaban J connectivity index is 3.95. The lowest BCUT2D eigenvalue weighted by Crippen LogP contribution is -2.49. The number of nitrogens with one attached hydrogen (secondary N) is 2. The predicted molar refractivity (Wildman–Crippen MR) is 50.3 cm³/mol. The zero-order valence-corrected chi connectivity index (χ0v) is 7.57. The molecule has 0 spiro atoms. The van der Waals surface area contributed by atoms with Crippen molar-refractivity contribution in [2.24, 2.45) is 0 Å². The van der Waals surface area contributed by atoms with Crippen molar-refractivity contribution in [1.29, 1.82) is 0 Å². The molecule has 0 bridgehead atoms. The number of carbonyl (C=O) groups is 2. The van der Waals surface area contributed by atoms with Crippen LogP contribution in [0.5, 0.6) is 0 Å². The van der Waals surface area contributed by atoms with Crippen LogP contribution < -0.4 is 10.5 Å². The number of amides is 1. The highest BCUT2D eigenvalue weighted by molar-refractivity contribution is 6.57. The van der Waals surface area contributed by atoms with Gasteiger partial charge >= 0.3 is 13.0 Å². The maximum absolute atomic E-state index is 10.5. The zero-order valence-electron chi connectivity index (χ0n) is 7.57. The van der Waals surface area contributed by atoms with Crippen molar-refractivity contribution < 1.29 is 19.7 Å². The number of carboxylic acids is 1. The molecular weight excluding hydrogens is 174 g/mol. The van der Waals surface area contributed by atoms with Gasteiger partial charge in [0, 0.05) is 6.54 Å². The van der Waals surface area contributed by atoms with Crippen LogP contribution in [-0.2, 0) is 4.79 Å². The van der Waals surface area contributed by atoms with Crippen LogP contribution in [0.1, 0.15) is 0 Å². The van der Waals surface area contributed by atoms with Gasteiger partial charge in [0.1, 0.15) is 6.04 Å². The highest BCUT2D eigenvalue weighted by Gasteiger charge is 2.18. The molecule has 0 aromatic rings. The molecule has 0 saturated heterocycles. The van der Waals surface area contributed by atoms with Gasteiger partial charge in [-0.2, -0.15) is 0 Å². The first-order valence-corrected chi connectivity index (χ1v) is 3.85. The maximum Gasteiger partial charge on any atom is 0.373 e. The molecule has 0 saturated carbocycles. The van der Waals surface area contributed by atoms with Gasteiger partial charge in [-0.1, -0.05) is 0 Å². The number of carbonyl (C=O) groups excluding carboxylic acids is 1. The molecule has 0 rings (SSSR count). The minimum Gasteiger partial charge on any atom is -0.480 e. The second-order valence-corrected chi connectivity index (χ2v) is 2.68. The minimum absolute atomic E-state index is 0.00736. The largest absolute Gasteiger partial charge is 0.480 e. The fourth-order valence-electron chi connectivity index (χ4n) is 0.734. The van der Waals surface area contributed by atoms with Gasteiger partial charge in [-0.3, -0.25) is 4.79 Å². The predicted octanol–water partition coefficient (Wildman–Crippen LogP) is -2.52. The molecule has 1 unspecified atom stereocenters. The van der Waals surface area contributed by atoms with Crippen LogP contribution in [0.4, 0.5) is 4.79 Å². The molecule has 1 atom stereocenters. The van der Waals surface area contributed by atoms with Gasteiger partial charge in [0.15, 0.2) is 5.81 Å². The van der Waals surface area contributed by atoms with E-state index in [1.54, 1.807) is 0 Å². The number of aliphatic carboxylic acids is 1.